The molecular formula is C13H20O3S. The largest absolute Gasteiger partial charge is 0.388 e. The Morgan fingerprint density at radius 3 is 2.18 bits per heavy atom. The molecule has 4 heteroatoms. The van der Waals surface area contributed by atoms with Crippen molar-refractivity contribution < 1.29 is 13.5 Å². The van der Waals surface area contributed by atoms with Crippen molar-refractivity contribution in [2.24, 2.45) is 0 Å². The summed E-state index contributed by atoms with van der Waals surface area (Å²) in [4.78, 5) is 0. The van der Waals surface area contributed by atoms with E-state index in [1.807, 2.05) is 32.0 Å². The van der Waals surface area contributed by atoms with Gasteiger partial charge in [0.2, 0.25) is 0 Å². The molecule has 1 atom stereocenters. The summed E-state index contributed by atoms with van der Waals surface area (Å²) in [6.45, 7) is 3.97. The van der Waals surface area contributed by atoms with Crippen molar-refractivity contribution in [2.45, 2.75) is 32.8 Å². The number of aryl methyl sites for hydroxylation is 2. The first-order valence-corrected chi connectivity index (χ1v) is 7.78. The lowest BCUT2D eigenvalue weighted by atomic mass is 10.0. The Hall–Kier alpha value is -0.870. The minimum atomic E-state index is -2.93. The number of sulfone groups is 1. The molecule has 0 bridgehead atoms. The van der Waals surface area contributed by atoms with Crippen molar-refractivity contribution in [3.05, 3.63) is 34.9 Å². The second-order valence-electron chi connectivity index (χ2n) is 4.71. The van der Waals surface area contributed by atoms with E-state index in [1.165, 1.54) is 6.26 Å². The van der Waals surface area contributed by atoms with Gasteiger partial charge >= 0.3 is 0 Å². The highest BCUT2D eigenvalue weighted by molar-refractivity contribution is 7.90. The molecule has 0 amide bonds. The van der Waals surface area contributed by atoms with Crippen LogP contribution in [0.2, 0.25) is 0 Å². The summed E-state index contributed by atoms with van der Waals surface area (Å²) in [5.74, 6) is 0.134. The van der Waals surface area contributed by atoms with Gasteiger partial charge in [0, 0.05) is 12.0 Å². The third-order valence-electron chi connectivity index (χ3n) is 2.62. The van der Waals surface area contributed by atoms with Crippen LogP contribution in [0.1, 0.15) is 35.6 Å². The predicted octanol–water partition coefficient (Wildman–Crippen LogP) is 2.16. The third kappa shape index (κ3) is 5.33. The minimum absolute atomic E-state index is 0.134. The first-order valence-electron chi connectivity index (χ1n) is 5.72. The van der Waals surface area contributed by atoms with E-state index in [0.29, 0.717) is 12.8 Å². The number of aliphatic hydroxyl groups is 1. The summed E-state index contributed by atoms with van der Waals surface area (Å²) in [6, 6.07) is 5.93. The molecule has 0 heterocycles. The first kappa shape index (κ1) is 14.2. The molecule has 0 saturated heterocycles. The van der Waals surface area contributed by atoms with E-state index in [1.54, 1.807) is 0 Å². The molecule has 3 nitrogen and oxygen atoms in total. The summed E-state index contributed by atoms with van der Waals surface area (Å²) in [7, 11) is -2.93. The van der Waals surface area contributed by atoms with Gasteiger partial charge in [-0.15, -0.1) is 0 Å². The molecule has 1 aromatic rings. The predicted molar refractivity (Wildman–Crippen MR) is 69.8 cm³/mol. The zero-order valence-corrected chi connectivity index (χ0v) is 11.4. The van der Waals surface area contributed by atoms with E-state index in [9.17, 15) is 13.5 Å². The van der Waals surface area contributed by atoms with Crippen molar-refractivity contribution in [3.63, 3.8) is 0 Å². The lowest BCUT2D eigenvalue weighted by molar-refractivity contribution is 0.166. The lowest BCUT2D eigenvalue weighted by Crippen LogP contribution is -2.06. The highest BCUT2D eigenvalue weighted by Crippen LogP contribution is 2.21. The van der Waals surface area contributed by atoms with Gasteiger partial charge in [0.25, 0.3) is 0 Å². The van der Waals surface area contributed by atoms with Crippen LogP contribution in [0.3, 0.4) is 0 Å². The van der Waals surface area contributed by atoms with Crippen molar-refractivity contribution in [1.29, 1.82) is 0 Å². The number of hydrogen-bond donors (Lipinski definition) is 1. The zero-order valence-electron chi connectivity index (χ0n) is 10.6. The summed E-state index contributed by atoms with van der Waals surface area (Å²) in [5, 5.41) is 9.97. The molecule has 1 aromatic carbocycles. The van der Waals surface area contributed by atoms with Gasteiger partial charge in [0.1, 0.15) is 9.84 Å². The molecule has 1 rings (SSSR count). The Kier molecular flexibility index (Phi) is 4.71. The second-order valence-corrected chi connectivity index (χ2v) is 6.97. The van der Waals surface area contributed by atoms with Crippen LogP contribution in [0.5, 0.6) is 0 Å². The number of hydrogen-bond acceptors (Lipinski definition) is 3. The third-order valence-corrected chi connectivity index (χ3v) is 3.65. The van der Waals surface area contributed by atoms with Gasteiger partial charge in [0.05, 0.1) is 6.10 Å². The van der Waals surface area contributed by atoms with Crippen LogP contribution in [0.25, 0.3) is 0 Å². The highest BCUT2D eigenvalue weighted by atomic mass is 32.2. The van der Waals surface area contributed by atoms with Crippen molar-refractivity contribution in [3.8, 4) is 0 Å². The van der Waals surface area contributed by atoms with Crippen LogP contribution in [0.15, 0.2) is 18.2 Å². The molecule has 0 spiro atoms. The van der Waals surface area contributed by atoms with Gasteiger partial charge in [0.15, 0.2) is 0 Å². The van der Waals surface area contributed by atoms with Crippen LogP contribution in [-0.2, 0) is 9.84 Å². The zero-order chi connectivity index (χ0) is 13.1. The van der Waals surface area contributed by atoms with E-state index in [2.05, 4.69) is 0 Å². The fourth-order valence-corrected chi connectivity index (χ4v) is 2.60. The molecular weight excluding hydrogens is 236 g/mol. The van der Waals surface area contributed by atoms with Crippen LogP contribution in [-0.4, -0.2) is 25.5 Å². The van der Waals surface area contributed by atoms with Gasteiger partial charge in [-0.1, -0.05) is 29.3 Å². The number of aliphatic hydroxyl groups excluding tert-OH is 1. The van der Waals surface area contributed by atoms with Crippen LogP contribution in [0.4, 0.5) is 0 Å². The summed E-state index contributed by atoms with van der Waals surface area (Å²) in [5.41, 5.74) is 3.10. The molecule has 0 saturated carbocycles. The van der Waals surface area contributed by atoms with E-state index >= 15 is 0 Å². The van der Waals surface area contributed by atoms with Gasteiger partial charge in [-0.25, -0.2) is 8.42 Å². The van der Waals surface area contributed by atoms with E-state index < -0.39 is 15.9 Å². The average Bonchev–Trinajstić information content (AvgIpc) is 2.13. The van der Waals surface area contributed by atoms with Gasteiger partial charge in [-0.2, -0.15) is 0 Å². The summed E-state index contributed by atoms with van der Waals surface area (Å²) < 4.78 is 22.0. The van der Waals surface area contributed by atoms with Gasteiger partial charge in [-0.3, -0.25) is 0 Å². The normalized spacial score (nSPS) is 13.6. The van der Waals surface area contributed by atoms with Crippen molar-refractivity contribution in [1.82, 2.24) is 0 Å². The standard InChI is InChI=1S/C13H20O3S/c1-10-7-11(2)9-12(8-10)13(14)5-4-6-17(3,15)16/h7-9,13-14H,4-6H2,1-3H3. The van der Waals surface area contributed by atoms with Crippen molar-refractivity contribution >= 4 is 9.84 Å². The van der Waals surface area contributed by atoms with Crippen LogP contribution >= 0.6 is 0 Å². The fraction of sp³-hybridized carbons (Fsp3) is 0.538. The highest BCUT2D eigenvalue weighted by Gasteiger charge is 2.10. The lowest BCUT2D eigenvalue weighted by Gasteiger charge is -2.12. The maximum absolute atomic E-state index is 11.0. The monoisotopic (exact) mass is 256 g/mol. The van der Waals surface area contributed by atoms with E-state index in [-0.39, 0.29) is 5.75 Å². The van der Waals surface area contributed by atoms with Gasteiger partial charge < -0.3 is 5.11 Å². The molecule has 17 heavy (non-hydrogen) atoms. The Morgan fingerprint density at radius 2 is 1.71 bits per heavy atom. The Balaban J connectivity index is 2.61. The second kappa shape index (κ2) is 5.65. The van der Waals surface area contributed by atoms with Crippen LogP contribution < -0.4 is 0 Å². The molecule has 0 aliphatic carbocycles. The van der Waals surface area contributed by atoms with E-state index in [0.717, 1.165) is 16.7 Å². The number of benzene rings is 1. The summed E-state index contributed by atoms with van der Waals surface area (Å²) in [6.07, 6.45) is 1.62. The minimum Gasteiger partial charge on any atom is -0.388 e. The average molecular weight is 256 g/mol. The smallest absolute Gasteiger partial charge is 0.147 e. The first-order chi connectivity index (χ1) is 7.78. The Morgan fingerprint density at radius 1 is 1.18 bits per heavy atom. The molecule has 0 radical (unpaired) electrons. The Bertz CT molecular complexity index is 457. The SMILES string of the molecule is Cc1cc(C)cc(C(O)CCCS(C)(=O)=O)c1. The summed E-state index contributed by atoms with van der Waals surface area (Å²) >= 11 is 0. The molecule has 0 fully saturated rings. The molecule has 1 unspecified atom stereocenters. The topological polar surface area (TPSA) is 54.4 Å². The van der Waals surface area contributed by atoms with E-state index in [4.69, 9.17) is 0 Å². The maximum Gasteiger partial charge on any atom is 0.147 e. The molecule has 0 aliphatic rings. The van der Waals surface area contributed by atoms with Crippen molar-refractivity contribution in [2.75, 3.05) is 12.0 Å². The molecule has 0 aliphatic heterocycles. The molecule has 96 valence electrons. The number of rotatable bonds is 5. The molecule has 0 aromatic heterocycles. The quantitative estimate of drug-likeness (QED) is 0.878. The maximum atomic E-state index is 11.0. The van der Waals surface area contributed by atoms with Gasteiger partial charge in [-0.05, 0) is 32.3 Å². The fourth-order valence-electron chi connectivity index (χ4n) is 1.91. The van der Waals surface area contributed by atoms with Crippen LogP contribution in [0, 0.1) is 13.8 Å². The Labute approximate surface area is 103 Å². The molecule has 1 N–H and O–H groups in total.